The van der Waals surface area contributed by atoms with Crippen molar-refractivity contribution in [3.05, 3.63) is 104 Å². The van der Waals surface area contributed by atoms with Crippen molar-refractivity contribution in [1.29, 1.82) is 0 Å². The highest BCUT2D eigenvalue weighted by atomic mass is 79.9. The number of aryl methyl sites for hydroxylation is 2. The third kappa shape index (κ3) is 8.89. The molecule has 0 bridgehead atoms. The molecule has 0 aliphatic carbocycles. The number of nitrogens with zero attached hydrogens (tertiary/aromatic N) is 2. The summed E-state index contributed by atoms with van der Waals surface area (Å²) in [6.07, 6.45) is 1.40. The van der Waals surface area contributed by atoms with Crippen LogP contribution in [0.3, 0.4) is 0 Å². The van der Waals surface area contributed by atoms with Crippen molar-refractivity contribution in [3.63, 3.8) is 0 Å². The number of sulfonamides is 1. The average Bonchev–Trinajstić information content (AvgIpc) is 3.03. The van der Waals surface area contributed by atoms with Crippen LogP contribution in [0.5, 0.6) is 23.0 Å². The monoisotopic (exact) mass is 763 g/mol. The highest BCUT2D eigenvalue weighted by molar-refractivity contribution is 9.10. The van der Waals surface area contributed by atoms with Crippen LogP contribution in [-0.2, 0) is 21.4 Å². The number of ether oxygens (including phenoxy) is 4. The zero-order valence-electron chi connectivity index (χ0n) is 26.1. The number of anilines is 1. The second-order valence-corrected chi connectivity index (χ2v) is 13.8. The van der Waals surface area contributed by atoms with E-state index < -0.39 is 22.5 Å². The van der Waals surface area contributed by atoms with Gasteiger partial charge >= 0.3 is 0 Å². The fraction of sp³-hybridized carbons (Fsp3) is 0.212. The Kier molecular flexibility index (Phi) is 12.0. The molecule has 0 aliphatic rings. The molecule has 4 aromatic rings. The molecule has 0 aromatic heterocycles. The van der Waals surface area contributed by atoms with Crippen LogP contribution >= 0.6 is 39.1 Å². The molecule has 1 amide bonds. The van der Waals surface area contributed by atoms with E-state index in [1.165, 1.54) is 45.7 Å². The van der Waals surface area contributed by atoms with Gasteiger partial charge in [0.05, 0.1) is 52.6 Å². The molecule has 0 unspecified atom stereocenters. The number of benzene rings is 4. The van der Waals surface area contributed by atoms with Crippen molar-refractivity contribution in [2.75, 3.05) is 32.2 Å². The van der Waals surface area contributed by atoms with Crippen LogP contribution in [0.25, 0.3) is 0 Å². The van der Waals surface area contributed by atoms with Crippen molar-refractivity contribution < 1.29 is 32.2 Å². The predicted octanol–water partition coefficient (Wildman–Crippen LogP) is 7.32. The summed E-state index contributed by atoms with van der Waals surface area (Å²) in [7, 11) is 0.129. The van der Waals surface area contributed by atoms with E-state index in [-0.39, 0.29) is 17.3 Å². The number of carbonyl (C=O) groups excluding carboxylic acids is 1. The molecule has 0 radical (unpaired) electrons. The Labute approximate surface area is 292 Å². The van der Waals surface area contributed by atoms with E-state index in [1.54, 1.807) is 42.5 Å². The zero-order valence-corrected chi connectivity index (χ0v) is 30.1. The molecule has 47 heavy (non-hydrogen) atoms. The normalized spacial score (nSPS) is 11.3. The lowest BCUT2D eigenvalue weighted by Gasteiger charge is -2.25. The molecular weight excluding hydrogens is 733 g/mol. The van der Waals surface area contributed by atoms with Crippen LogP contribution in [0, 0.1) is 13.8 Å². The number of hydrazone groups is 1. The van der Waals surface area contributed by atoms with E-state index in [1.807, 2.05) is 19.9 Å². The van der Waals surface area contributed by atoms with Gasteiger partial charge in [-0.1, -0.05) is 35.3 Å². The average molecular weight is 766 g/mol. The molecule has 4 rings (SSSR count). The first-order chi connectivity index (χ1) is 22.4. The highest BCUT2D eigenvalue weighted by Crippen LogP contribution is 2.37. The molecule has 0 atom stereocenters. The van der Waals surface area contributed by atoms with Gasteiger partial charge in [0.25, 0.3) is 15.9 Å². The van der Waals surface area contributed by atoms with E-state index >= 15 is 0 Å². The lowest BCUT2D eigenvalue weighted by atomic mass is 10.1. The Balaban J connectivity index is 1.54. The first-order valence-electron chi connectivity index (χ1n) is 14.0. The van der Waals surface area contributed by atoms with E-state index in [9.17, 15) is 13.2 Å². The van der Waals surface area contributed by atoms with Crippen LogP contribution < -0.4 is 28.7 Å². The summed E-state index contributed by atoms with van der Waals surface area (Å²) in [5.41, 5.74) is 5.78. The third-order valence-electron chi connectivity index (χ3n) is 6.75. The maximum Gasteiger partial charge on any atom is 0.264 e. The summed E-state index contributed by atoms with van der Waals surface area (Å²) in [5.74, 6) is 0.789. The molecule has 14 heteroatoms. The van der Waals surface area contributed by atoms with Gasteiger partial charge < -0.3 is 18.9 Å². The van der Waals surface area contributed by atoms with Gasteiger partial charge in [-0.05, 0) is 101 Å². The first kappa shape index (κ1) is 35.9. The van der Waals surface area contributed by atoms with Gasteiger partial charge in [0.2, 0.25) is 0 Å². The Hall–Kier alpha value is -3.97. The topological polar surface area (TPSA) is 116 Å². The summed E-state index contributed by atoms with van der Waals surface area (Å²) in [6.45, 7) is 3.35. The molecule has 0 fully saturated rings. The Morgan fingerprint density at radius 1 is 0.872 bits per heavy atom. The maximum atomic E-state index is 13.9. The number of hydrogen-bond donors (Lipinski definition) is 1. The number of nitrogens with one attached hydrogen (secondary N) is 1. The van der Waals surface area contributed by atoms with E-state index in [4.69, 9.17) is 42.1 Å². The Bertz CT molecular complexity index is 1900. The molecule has 0 spiro atoms. The number of halogens is 3. The SMILES string of the molecule is COc1ccc(S(=O)(=O)N(CC(=O)N/N=C\c2cc(Br)c(OCc3ccc(Cl)c(Cl)c3)c(OC)c2)c2cc(C)cc(C)c2)cc1OC. The molecule has 0 heterocycles. The number of hydrogen-bond acceptors (Lipinski definition) is 8. The highest BCUT2D eigenvalue weighted by Gasteiger charge is 2.29. The first-order valence-corrected chi connectivity index (χ1v) is 16.9. The van der Waals surface area contributed by atoms with Gasteiger partial charge in [0.1, 0.15) is 13.2 Å². The third-order valence-corrected chi connectivity index (χ3v) is 9.84. The van der Waals surface area contributed by atoms with Crippen molar-refractivity contribution >= 4 is 67.0 Å². The summed E-state index contributed by atoms with van der Waals surface area (Å²) < 4.78 is 51.5. The van der Waals surface area contributed by atoms with Crippen molar-refractivity contribution in [2.45, 2.75) is 25.3 Å². The lowest BCUT2D eigenvalue weighted by molar-refractivity contribution is -0.119. The van der Waals surface area contributed by atoms with Crippen LogP contribution in [0.1, 0.15) is 22.3 Å². The summed E-state index contributed by atoms with van der Waals surface area (Å²) in [4.78, 5) is 13.1. The second kappa shape index (κ2) is 15.7. The zero-order chi connectivity index (χ0) is 34.3. The smallest absolute Gasteiger partial charge is 0.264 e. The fourth-order valence-corrected chi connectivity index (χ4v) is 6.91. The van der Waals surface area contributed by atoms with Crippen LogP contribution in [0.2, 0.25) is 10.0 Å². The van der Waals surface area contributed by atoms with E-state index in [0.717, 1.165) is 21.0 Å². The molecule has 0 saturated carbocycles. The summed E-state index contributed by atoms with van der Waals surface area (Å²) in [6, 6.07) is 18.1. The Morgan fingerprint density at radius 2 is 1.55 bits per heavy atom. The Morgan fingerprint density at radius 3 is 2.19 bits per heavy atom. The molecule has 1 N–H and O–H groups in total. The number of rotatable bonds is 13. The van der Waals surface area contributed by atoms with Gasteiger partial charge in [0, 0.05) is 6.07 Å². The minimum atomic E-state index is -4.23. The van der Waals surface area contributed by atoms with Crippen molar-refractivity contribution in [3.8, 4) is 23.0 Å². The van der Waals surface area contributed by atoms with Gasteiger partial charge in [-0.15, -0.1) is 0 Å². The van der Waals surface area contributed by atoms with Crippen LogP contribution in [0.15, 0.2) is 81.2 Å². The molecule has 10 nitrogen and oxygen atoms in total. The van der Waals surface area contributed by atoms with Crippen molar-refractivity contribution in [2.24, 2.45) is 5.10 Å². The number of carbonyl (C=O) groups is 1. The minimum absolute atomic E-state index is 0.0796. The standard InChI is InChI=1S/C33H32BrCl2N3O7S/c1-20-10-21(2)12-24(11-20)39(47(41,42)25-7-9-29(43-3)30(16-25)44-4)18-32(40)38-37-17-23-13-26(34)33(31(15-23)45-5)46-19-22-6-8-27(35)28(36)14-22/h6-17H,18-19H2,1-5H3,(H,38,40)/b37-17-. The molecule has 0 saturated heterocycles. The fourth-order valence-electron chi connectivity index (χ4n) is 4.60. The largest absolute Gasteiger partial charge is 0.493 e. The van der Waals surface area contributed by atoms with E-state index in [2.05, 4.69) is 26.5 Å². The van der Waals surface area contributed by atoms with Gasteiger partial charge in [-0.2, -0.15) is 5.10 Å². The molecular formula is C33H32BrCl2N3O7S. The van der Waals surface area contributed by atoms with Crippen LogP contribution in [0.4, 0.5) is 5.69 Å². The second-order valence-electron chi connectivity index (χ2n) is 10.2. The number of amides is 1. The predicted molar refractivity (Wildman–Crippen MR) is 187 cm³/mol. The van der Waals surface area contributed by atoms with Gasteiger partial charge in [-0.3, -0.25) is 9.10 Å². The van der Waals surface area contributed by atoms with Crippen molar-refractivity contribution in [1.82, 2.24) is 5.43 Å². The molecule has 4 aromatic carbocycles. The van der Waals surface area contributed by atoms with Crippen LogP contribution in [-0.4, -0.2) is 48.4 Å². The number of methoxy groups -OCH3 is 3. The lowest BCUT2D eigenvalue weighted by Crippen LogP contribution is -2.39. The van der Waals surface area contributed by atoms with E-state index in [0.29, 0.717) is 43.0 Å². The maximum absolute atomic E-state index is 13.9. The summed E-state index contributed by atoms with van der Waals surface area (Å²) >= 11 is 15.6. The minimum Gasteiger partial charge on any atom is -0.493 e. The summed E-state index contributed by atoms with van der Waals surface area (Å²) in [5, 5.41) is 4.93. The quantitative estimate of drug-likeness (QED) is 0.112. The molecule has 248 valence electrons. The van der Waals surface area contributed by atoms with Gasteiger partial charge in [0.15, 0.2) is 23.0 Å². The molecule has 0 aliphatic heterocycles. The van der Waals surface area contributed by atoms with Gasteiger partial charge in [-0.25, -0.2) is 13.8 Å².